The molecule has 1 aliphatic rings. The molecule has 0 amide bonds. The molecule has 0 saturated carbocycles. The van der Waals surface area contributed by atoms with Gasteiger partial charge in [0.2, 0.25) is 0 Å². The fourth-order valence-electron chi connectivity index (χ4n) is 5.36. The number of benzene rings is 4. The number of para-hydroxylation sites is 2. The molecular weight excluding hydrogens is 483 g/mol. The van der Waals surface area contributed by atoms with Gasteiger partial charge in [0.05, 0.1) is 28.4 Å². The van der Waals surface area contributed by atoms with E-state index in [9.17, 15) is 0 Å². The normalized spacial score (nSPS) is 12.4. The van der Waals surface area contributed by atoms with Crippen molar-refractivity contribution >= 4 is 52.5 Å². The van der Waals surface area contributed by atoms with Gasteiger partial charge in [0.1, 0.15) is 0 Å². The lowest BCUT2D eigenvalue weighted by Crippen LogP contribution is -2.20. The van der Waals surface area contributed by atoms with Gasteiger partial charge >= 0.3 is 0 Å². The molecule has 0 bridgehead atoms. The van der Waals surface area contributed by atoms with Crippen LogP contribution in [0.2, 0.25) is 0 Å². The van der Waals surface area contributed by atoms with Gasteiger partial charge in [0.15, 0.2) is 0 Å². The molecule has 0 spiro atoms. The Kier molecular flexibility index (Phi) is 6.47. The predicted octanol–water partition coefficient (Wildman–Crippen LogP) is 6.52. The third-order valence-electron chi connectivity index (χ3n) is 7.01. The second kappa shape index (κ2) is 10.2. The third-order valence-corrected chi connectivity index (χ3v) is 9.45. The molecule has 7 rings (SSSR count). The standard InChI is InChI=1S/C34H25N2P.H2O/c1-4-12-26(13-5-1)37(27-14-6-2-7-15-27)28-22-20-25(21-23-28)34-29-16-8-3-9-18-31(29)36-32-19-11-10-17-30(32)35-24-33(34)36;/h1-2,4-24H,3H2;1H2. The van der Waals surface area contributed by atoms with Crippen molar-refractivity contribution in [1.82, 2.24) is 9.38 Å². The smallest absolute Gasteiger partial charge is 0.0871 e. The molecule has 2 N–H and O–H groups in total. The van der Waals surface area contributed by atoms with Crippen LogP contribution < -0.4 is 15.9 Å². The highest BCUT2D eigenvalue weighted by Gasteiger charge is 2.21. The number of allylic oxidation sites excluding steroid dienone is 2. The molecule has 184 valence electrons. The highest BCUT2D eigenvalue weighted by atomic mass is 31.1. The fraction of sp³-hybridized carbons (Fsp3) is 0.0294. The minimum Gasteiger partial charge on any atom is -0.412 e. The summed E-state index contributed by atoms with van der Waals surface area (Å²) in [4.78, 5) is 4.82. The maximum atomic E-state index is 4.82. The monoisotopic (exact) mass is 510 g/mol. The quantitative estimate of drug-likeness (QED) is 0.249. The zero-order valence-electron chi connectivity index (χ0n) is 20.8. The molecule has 0 saturated heterocycles. The van der Waals surface area contributed by atoms with E-state index in [1.54, 1.807) is 0 Å². The van der Waals surface area contributed by atoms with Crippen LogP contribution in [0.25, 0.3) is 39.8 Å². The summed E-state index contributed by atoms with van der Waals surface area (Å²) in [5.41, 5.74) is 8.22. The van der Waals surface area contributed by atoms with Crippen LogP contribution in [0.1, 0.15) is 17.7 Å². The Bertz CT molecular complexity index is 1750. The van der Waals surface area contributed by atoms with Crippen molar-refractivity contribution in [3.63, 3.8) is 0 Å². The van der Waals surface area contributed by atoms with Crippen LogP contribution in [0.15, 0.2) is 128 Å². The van der Waals surface area contributed by atoms with E-state index in [2.05, 4.69) is 138 Å². The first kappa shape index (κ1) is 24.1. The number of fused-ring (bicyclic) bond motifs is 5. The molecule has 4 aromatic carbocycles. The lowest BCUT2D eigenvalue weighted by atomic mass is 10.0. The summed E-state index contributed by atoms with van der Waals surface area (Å²) in [6, 6.07) is 39.4. The van der Waals surface area contributed by atoms with Gasteiger partial charge in [-0.15, -0.1) is 0 Å². The topological polar surface area (TPSA) is 48.8 Å². The van der Waals surface area contributed by atoms with E-state index in [4.69, 9.17) is 4.98 Å². The van der Waals surface area contributed by atoms with E-state index in [1.807, 2.05) is 6.20 Å². The van der Waals surface area contributed by atoms with Crippen LogP contribution in [0, 0.1) is 0 Å². The second-order valence-corrected chi connectivity index (χ2v) is 11.5. The van der Waals surface area contributed by atoms with Gasteiger partial charge in [-0.2, -0.15) is 0 Å². The lowest BCUT2D eigenvalue weighted by molar-refractivity contribution is 0.824. The molecule has 4 heteroatoms. The number of rotatable bonds is 4. The molecular formula is C34H27N2OP. The first-order valence-corrected chi connectivity index (χ1v) is 14.0. The first-order valence-electron chi connectivity index (χ1n) is 12.6. The average molecular weight is 511 g/mol. The number of hydrogen-bond acceptors (Lipinski definition) is 1. The van der Waals surface area contributed by atoms with Gasteiger partial charge in [-0.3, -0.25) is 4.98 Å². The number of hydrogen-bond donors (Lipinski definition) is 0. The van der Waals surface area contributed by atoms with Gasteiger partial charge in [-0.05, 0) is 54.0 Å². The van der Waals surface area contributed by atoms with E-state index >= 15 is 0 Å². The maximum Gasteiger partial charge on any atom is 0.0871 e. The summed E-state index contributed by atoms with van der Waals surface area (Å²) < 4.78 is 2.37. The Morgan fingerprint density at radius 3 is 1.92 bits per heavy atom. The van der Waals surface area contributed by atoms with Crippen molar-refractivity contribution in [2.45, 2.75) is 6.42 Å². The Balaban J connectivity index is 0.00000264. The Labute approximate surface area is 223 Å². The van der Waals surface area contributed by atoms with E-state index in [1.165, 1.54) is 38.3 Å². The highest BCUT2D eigenvalue weighted by Crippen LogP contribution is 2.39. The molecule has 0 unspecified atom stereocenters. The molecule has 3 nitrogen and oxygen atoms in total. The lowest BCUT2D eigenvalue weighted by Gasteiger charge is -2.19. The molecule has 0 atom stereocenters. The minimum absolute atomic E-state index is 0. The van der Waals surface area contributed by atoms with E-state index in [-0.39, 0.29) is 5.48 Å². The molecule has 2 aromatic heterocycles. The largest absolute Gasteiger partial charge is 0.412 e. The summed E-state index contributed by atoms with van der Waals surface area (Å²) in [5.74, 6) is 0. The van der Waals surface area contributed by atoms with Gasteiger partial charge in [-0.1, -0.05) is 115 Å². The van der Waals surface area contributed by atoms with Crippen molar-refractivity contribution in [2.24, 2.45) is 0 Å². The SMILES string of the molecule is C1=Cc2c(-c3ccc(P(c4ccccc4)c4ccccc4)cc3)c3cnc4ccccc4n3c2C=CC1.O. The molecule has 0 aliphatic heterocycles. The third kappa shape index (κ3) is 4.07. The fourth-order valence-corrected chi connectivity index (χ4v) is 7.64. The molecule has 0 fully saturated rings. The zero-order chi connectivity index (χ0) is 24.6. The van der Waals surface area contributed by atoms with Crippen LogP contribution >= 0.6 is 7.92 Å². The Hall–Kier alpha value is -4.30. The minimum atomic E-state index is -0.630. The average Bonchev–Trinajstić information content (AvgIpc) is 3.09. The second-order valence-electron chi connectivity index (χ2n) is 9.24. The van der Waals surface area contributed by atoms with Crippen molar-refractivity contribution < 1.29 is 5.48 Å². The Morgan fingerprint density at radius 1 is 0.605 bits per heavy atom. The van der Waals surface area contributed by atoms with E-state index in [0.29, 0.717) is 0 Å². The van der Waals surface area contributed by atoms with Gasteiger partial charge in [0, 0.05) is 11.1 Å². The summed E-state index contributed by atoms with van der Waals surface area (Å²) >= 11 is 0. The first-order chi connectivity index (χ1) is 18.4. The summed E-state index contributed by atoms with van der Waals surface area (Å²) in [6.45, 7) is 0. The van der Waals surface area contributed by atoms with Gasteiger partial charge in [-0.25, -0.2) is 0 Å². The van der Waals surface area contributed by atoms with Crippen LogP contribution in [-0.4, -0.2) is 14.9 Å². The van der Waals surface area contributed by atoms with Crippen LogP contribution in [0.4, 0.5) is 0 Å². The zero-order valence-corrected chi connectivity index (χ0v) is 21.7. The maximum absolute atomic E-state index is 4.82. The summed E-state index contributed by atoms with van der Waals surface area (Å²) in [6.07, 6.45) is 12.0. The van der Waals surface area contributed by atoms with Crippen LogP contribution in [-0.2, 0) is 0 Å². The predicted molar refractivity (Wildman–Crippen MR) is 163 cm³/mol. The van der Waals surface area contributed by atoms with E-state index < -0.39 is 7.92 Å². The molecule has 2 heterocycles. The summed E-state index contributed by atoms with van der Waals surface area (Å²) in [5, 5.41) is 4.08. The molecule has 6 aromatic rings. The highest BCUT2D eigenvalue weighted by molar-refractivity contribution is 7.79. The number of aromatic nitrogens is 2. The summed E-state index contributed by atoms with van der Waals surface area (Å²) in [7, 11) is -0.630. The van der Waals surface area contributed by atoms with Gasteiger partial charge < -0.3 is 9.88 Å². The number of nitrogens with zero attached hydrogens (tertiary/aromatic N) is 2. The van der Waals surface area contributed by atoms with Crippen molar-refractivity contribution in [3.05, 3.63) is 139 Å². The van der Waals surface area contributed by atoms with Crippen molar-refractivity contribution in [3.8, 4) is 11.1 Å². The van der Waals surface area contributed by atoms with Crippen molar-refractivity contribution in [1.29, 1.82) is 0 Å². The van der Waals surface area contributed by atoms with E-state index in [0.717, 1.165) is 23.0 Å². The Morgan fingerprint density at radius 2 is 1.21 bits per heavy atom. The van der Waals surface area contributed by atoms with Crippen molar-refractivity contribution in [2.75, 3.05) is 0 Å². The van der Waals surface area contributed by atoms with Crippen LogP contribution in [0.5, 0.6) is 0 Å². The van der Waals surface area contributed by atoms with Gasteiger partial charge in [0.25, 0.3) is 0 Å². The molecule has 38 heavy (non-hydrogen) atoms. The van der Waals surface area contributed by atoms with Crippen LogP contribution in [0.3, 0.4) is 0 Å². The molecule has 0 radical (unpaired) electrons. The molecule has 1 aliphatic carbocycles.